The molecule has 0 aliphatic heterocycles. The predicted octanol–water partition coefficient (Wildman–Crippen LogP) is 1.89. The van der Waals surface area contributed by atoms with E-state index in [2.05, 4.69) is 21.0 Å². The minimum absolute atomic E-state index is 0.175. The van der Waals surface area contributed by atoms with Crippen LogP contribution in [0, 0.1) is 0 Å². The number of nitrogens with two attached hydrogens (primary N) is 1. The second-order valence-electron chi connectivity index (χ2n) is 4.18. The minimum Gasteiger partial charge on any atom is -0.398 e. The highest BCUT2D eigenvalue weighted by atomic mass is 79.9. The lowest BCUT2D eigenvalue weighted by Gasteiger charge is -2.06. The van der Waals surface area contributed by atoms with Gasteiger partial charge in [-0.25, -0.2) is 9.48 Å². The molecule has 0 unspecified atom stereocenters. The van der Waals surface area contributed by atoms with Crippen LogP contribution in [0.5, 0.6) is 0 Å². The van der Waals surface area contributed by atoms with Crippen molar-refractivity contribution >= 4 is 27.3 Å². The van der Waals surface area contributed by atoms with E-state index in [0.717, 1.165) is 10.0 Å². The van der Waals surface area contributed by atoms with E-state index in [1.165, 1.54) is 9.08 Å². The number of anilines is 1. The van der Waals surface area contributed by atoms with Crippen molar-refractivity contribution in [1.29, 1.82) is 0 Å². The Morgan fingerprint density at radius 2 is 2.05 bits per heavy atom. The summed E-state index contributed by atoms with van der Waals surface area (Å²) in [4.78, 5) is 12.2. The van der Waals surface area contributed by atoms with Crippen LogP contribution < -0.4 is 11.4 Å². The molecule has 0 amide bonds. The monoisotopic (exact) mass is 318 g/mol. The summed E-state index contributed by atoms with van der Waals surface area (Å²) in [6.07, 6.45) is 1.70. The number of hydrogen-bond donors (Lipinski definition) is 1. The lowest BCUT2D eigenvalue weighted by molar-refractivity contribution is 0.658. The molecule has 2 aromatic heterocycles. The summed E-state index contributed by atoms with van der Waals surface area (Å²) >= 11 is 3.44. The summed E-state index contributed by atoms with van der Waals surface area (Å²) in [6.45, 7) is 0.341. The van der Waals surface area contributed by atoms with Crippen LogP contribution in [0.2, 0.25) is 0 Å². The SMILES string of the molecule is Nc1cccc(Br)c1Cn1nc2ccccn2c1=O. The van der Waals surface area contributed by atoms with Crippen molar-refractivity contribution in [2.75, 3.05) is 5.73 Å². The molecule has 2 heterocycles. The first-order valence-corrected chi connectivity index (χ1v) is 6.53. The van der Waals surface area contributed by atoms with E-state index < -0.39 is 0 Å². The highest BCUT2D eigenvalue weighted by Gasteiger charge is 2.10. The number of halogens is 1. The second-order valence-corrected chi connectivity index (χ2v) is 5.03. The molecule has 0 bridgehead atoms. The van der Waals surface area contributed by atoms with Crippen LogP contribution in [0.15, 0.2) is 51.9 Å². The molecule has 2 N–H and O–H groups in total. The molecule has 0 saturated carbocycles. The average Bonchev–Trinajstić information content (AvgIpc) is 2.72. The van der Waals surface area contributed by atoms with E-state index >= 15 is 0 Å². The van der Waals surface area contributed by atoms with Crippen molar-refractivity contribution in [3.63, 3.8) is 0 Å². The summed E-state index contributed by atoms with van der Waals surface area (Å²) in [5.41, 5.74) is 7.87. The molecule has 0 fully saturated rings. The third kappa shape index (κ3) is 2.04. The number of benzene rings is 1. The van der Waals surface area contributed by atoms with Gasteiger partial charge in [0.05, 0.1) is 6.54 Å². The summed E-state index contributed by atoms with van der Waals surface area (Å²) < 4.78 is 3.79. The number of nitrogen functional groups attached to an aromatic ring is 1. The molecule has 6 heteroatoms. The summed E-state index contributed by atoms with van der Waals surface area (Å²) in [7, 11) is 0. The van der Waals surface area contributed by atoms with Crippen LogP contribution in [0.25, 0.3) is 5.65 Å². The third-order valence-electron chi connectivity index (χ3n) is 2.95. The van der Waals surface area contributed by atoms with Crippen molar-refractivity contribution in [1.82, 2.24) is 14.2 Å². The summed E-state index contributed by atoms with van der Waals surface area (Å²) in [5, 5.41) is 4.28. The number of rotatable bonds is 2. The van der Waals surface area contributed by atoms with Crippen molar-refractivity contribution in [3.8, 4) is 0 Å². The molecule has 3 aromatic rings. The topological polar surface area (TPSA) is 65.3 Å². The van der Waals surface area contributed by atoms with Crippen LogP contribution in [0.3, 0.4) is 0 Å². The molecular weight excluding hydrogens is 308 g/mol. The average molecular weight is 319 g/mol. The lowest BCUT2D eigenvalue weighted by atomic mass is 10.2. The fraction of sp³-hybridized carbons (Fsp3) is 0.0769. The molecule has 0 atom stereocenters. The fourth-order valence-corrected chi connectivity index (χ4v) is 2.47. The number of hydrogen-bond acceptors (Lipinski definition) is 3. The van der Waals surface area contributed by atoms with Gasteiger partial charge in [-0.1, -0.05) is 28.1 Å². The van der Waals surface area contributed by atoms with Crippen molar-refractivity contribution in [2.45, 2.75) is 6.54 Å². The summed E-state index contributed by atoms with van der Waals surface area (Å²) in [6, 6.07) is 11.0. The molecular formula is C13H11BrN4O. The predicted molar refractivity (Wildman–Crippen MR) is 77.1 cm³/mol. The van der Waals surface area contributed by atoms with E-state index in [1.54, 1.807) is 24.4 Å². The van der Waals surface area contributed by atoms with Gasteiger partial charge < -0.3 is 5.73 Å². The van der Waals surface area contributed by atoms with Crippen molar-refractivity contribution in [3.05, 3.63) is 63.1 Å². The minimum atomic E-state index is -0.175. The molecule has 0 aliphatic rings. The zero-order valence-corrected chi connectivity index (χ0v) is 11.5. The molecule has 19 heavy (non-hydrogen) atoms. The first-order chi connectivity index (χ1) is 9.16. The van der Waals surface area contributed by atoms with E-state index in [4.69, 9.17) is 5.73 Å². The molecule has 96 valence electrons. The number of fused-ring (bicyclic) bond motifs is 1. The maximum Gasteiger partial charge on any atom is 0.350 e. The highest BCUT2D eigenvalue weighted by molar-refractivity contribution is 9.10. The quantitative estimate of drug-likeness (QED) is 0.734. The second kappa shape index (κ2) is 4.55. The Hall–Kier alpha value is -2.08. The van der Waals surface area contributed by atoms with Gasteiger partial charge in [0.2, 0.25) is 0 Å². The maximum absolute atomic E-state index is 12.2. The van der Waals surface area contributed by atoms with E-state index in [0.29, 0.717) is 17.9 Å². The van der Waals surface area contributed by atoms with Gasteiger partial charge in [0, 0.05) is 21.9 Å². The van der Waals surface area contributed by atoms with Gasteiger partial charge in [0.15, 0.2) is 5.65 Å². The van der Waals surface area contributed by atoms with Crippen LogP contribution in [-0.2, 0) is 6.54 Å². The van der Waals surface area contributed by atoms with Crippen LogP contribution in [-0.4, -0.2) is 14.2 Å². The van der Waals surface area contributed by atoms with Gasteiger partial charge in [-0.3, -0.25) is 4.40 Å². The molecule has 0 saturated heterocycles. The first-order valence-electron chi connectivity index (χ1n) is 5.74. The Bertz CT molecular complexity index is 786. The Labute approximate surface area is 117 Å². The fourth-order valence-electron chi connectivity index (χ4n) is 1.96. The van der Waals surface area contributed by atoms with Gasteiger partial charge in [-0.2, -0.15) is 0 Å². The van der Waals surface area contributed by atoms with Crippen LogP contribution >= 0.6 is 15.9 Å². The van der Waals surface area contributed by atoms with E-state index in [-0.39, 0.29) is 5.69 Å². The highest BCUT2D eigenvalue weighted by Crippen LogP contribution is 2.22. The van der Waals surface area contributed by atoms with Crippen molar-refractivity contribution < 1.29 is 0 Å². The van der Waals surface area contributed by atoms with Gasteiger partial charge in [0.1, 0.15) is 0 Å². The summed E-state index contributed by atoms with van der Waals surface area (Å²) in [5.74, 6) is 0. The zero-order chi connectivity index (χ0) is 13.4. The van der Waals surface area contributed by atoms with Gasteiger partial charge in [-0.05, 0) is 24.3 Å². The van der Waals surface area contributed by atoms with Crippen LogP contribution in [0.4, 0.5) is 5.69 Å². The molecule has 3 rings (SSSR count). The number of pyridine rings is 1. The first kappa shape index (κ1) is 12.0. The Morgan fingerprint density at radius 1 is 1.21 bits per heavy atom. The number of aromatic nitrogens is 3. The lowest BCUT2D eigenvalue weighted by Crippen LogP contribution is -2.22. The number of nitrogens with zero attached hydrogens (tertiary/aromatic N) is 3. The smallest absolute Gasteiger partial charge is 0.350 e. The molecule has 0 radical (unpaired) electrons. The Kier molecular flexibility index (Phi) is 2.87. The molecule has 1 aromatic carbocycles. The third-order valence-corrected chi connectivity index (χ3v) is 3.69. The Morgan fingerprint density at radius 3 is 2.79 bits per heavy atom. The van der Waals surface area contributed by atoms with Gasteiger partial charge in [0.25, 0.3) is 0 Å². The molecule has 0 spiro atoms. The van der Waals surface area contributed by atoms with Gasteiger partial charge in [-0.15, -0.1) is 5.10 Å². The van der Waals surface area contributed by atoms with Gasteiger partial charge >= 0.3 is 5.69 Å². The maximum atomic E-state index is 12.2. The molecule has 5 nitrogen and oxygen atoms in total. The van der Waals surface area contributed by atoms with Crippen molar-refractivity contribution in [2.24, 2.45) is 0 Å². The van der Waals surface area contributed by atoms with E-state index in [9.17, 15) is 4.79 Å². The standard InChI is InChI=1S/C13H11BrN4O/c14-10-4-3-5-11(15)9(10)8-18-13(19)17-7-2-1-6-12(17)16-18/h1-7H,8,15H2. The van der Waals surface area contributed by atoms with Crippen LogP contribution in [0.1, 0.15) is 5.56 Å². The normalized spacial score (nSPS) is 11.0. The molecule has 0 aliphatic carbocycles. The van der Waals surface area contributed by atoms with E-state index in [1.807, 2.05) is 18.2 Å². The zero-order valence-electron chi connectivity index (χ0n) is 9.95. The largest absolute Gasteiger partial charge is 0.398 e. The Balaban J connectivity index is 2.11.